The molecule has 1 atom stereocenters. The first-order chi connectivity index (χ1) is 7.61. The van der Waals surface area contributed by atoms with Crippen LogP contribution in [0.25, 0.3) is 0 Å². The number of alkyl halides is 1. The second kappa shape index (κ2) is 5.65. The molecule has 2 aromatic rings. The first-order valence-electron chi connectivity index (χ1n) is 4.79. The Labute approximate surface area is 128 Å². The zero-order valence-electron chi connectivity index (χ0n) is 8.47. The van der Waals surface area contributed by atoms with Crippen LogP contribution in [-0.4, -0.2) is 0 Å². The minimum Gasteiger partial charge on any atom is -0.144 e. The molecule has 5 heteroatoms. The van der Waals surface area contributed by atoms with Crippen molar-refractivity contribution < 1.29 is 0 Å². The van der Waals surface area contributed by atoms with Crippen molar-refractivity contribution in [2.24, 2.45) is 0 Å². The second-order valence-corrected chi connectivity index (χ2v) is 9.16. The van der Waals surface area contributed by atoms with Crippen molar-refractivity contribution in [3.05, 3.63) is 41.1 Å². The predicted octanol–water partition coefficient (Wildman–Crippen LogP) is 6.38. The lowest BCUT2D eigenvalue weighted by Gasteiger charge is -2.05. The molecule has 0 spiro atoms. The number of halogens is 3. The van der Waals surface area contributed by atoms with E-state index in [1.807, 2.05) is 11.3 Å². The van der Waals surface area contributed by atoms with E-state index in [1.165, 1.54) is 19.1 Å². The molecule has 0 amide bonds. The topological polar surface area (TPSA) is 0 Å². The standard InChI is InChI=1S/C11H9Br3S2/c1-2-6-3-4-8(15-6)10(13)7-5-9(12)16-11(7)14/h3-5,10H,2H2,1H3. The molecule has 0 aliphatic heterocycles. The largest absolute Gasteiger partial charge is 0.144 e. The van der Waals surface area contributed by atoms with Gasteiger partial charge in [0.1, 0.15) is 0 Å². The molecule has 0 fully saturated rings. The lowest BCUT2D eigenvalue weighted by atomic mass is 10.2. The Morgan fingerprint density at radius 2 is 2.00 bits per heavy atom. The van der Waals surface area contributed by atoms with Crippen molar-refractivity contribution >= 4 is 70.5 Å². The number of rotatable bonds is 3. The van der Waals surface area contributed by atoms with Gasteiger partial charge in [0.25, 0.3) is 0 Å². The van der Waals surface area contributed by atoms with Crippen LogP contribution in [0.4, 0.5) is 0 Å². The minimum atomic E-state index is 0.287. The van der Waals surface area contributed by atoms with Gasteiger partial charge in [0.05, 0.1) is 12.4 Å². The van der Waals surface area contributed by atoms with Crippen molar-refractivity contribution in [1.82, 2.24) is 0 Å². The number of hydrogen-bond donors (Lipinski definition) is 0. The van der Waals surface area contributed by atoms with E-state index in [4.69, 9.17) is 0 Å². The van der Waals surface area contributed by atoms with Crippen molar-refractivity contribution in [2.45, 2.75) is 18.2 Å². The molecule has 0 bridgehead atoms. The Hall–Kier alpha value is 0.840. The van der Waals surface area contributed by atoms with Gasteiger partial charge in [-0.05, 0) is 62.0 Å². The highest BCUT2D eigenvalue weighted by atomic mass is 79.9. The molecule has 0 aliphatic rings. The molecule has 0 radical (unpaired) electrons. The summed E-state index contributed by atoms with van der Waals surface area (Å²) in [6, 6.07) is 6.59. The normalized spacial score (nSPS) is 13.0. The van der Waals surface area contributed by atoms with Gasteiger partial charge in [0.2, 0.25) is 0 Å². The molecule has 0 saturated carbocycles. The van der Waals surface area contributed by atoms with Gasteiger partial charge in [-0.2, -0.15) is 0 Å². The molecule has 86 valence electrons. The zero-order chi connectivity index (χ0) is 11.7. The van der Waals surface area contributed by atoms with E-state index in [0.29, 0.717) is 0 Å². The van der Waals surface area contributed by atoms with Crippen molar-refractivity contribution in [3.8, 4) is 0 Å². The lowest BCUT2D eigenvalue weighted by molar-refractivity contribution is 1.19. The van der Waals surface area contributed by atoms with Gasteiger partial charge in [0, 0.05) is 9.75 Å². The minimum absolute atomic E-state index is 0.287. The zero-order valence-corrected chi connectivity index (χ0v) is 14.9. The predicted molar refractivity (Wildman–Crippen MR) is 84.2 cm³/mol. The molecule has 0 saturated heterocycles. The first kappa shape index (κ1) is 13.3. The molecule has 1 unspecified atom stereocenters. The van der Waals surface area contributed by atoms with Gasteiger partial charge in [-0.25, -0.2) is 0 Å². The second-order valence-electron chi connectivity index (χ2n) is 3.30. The Kier molecular flexibility index (Phi) is 4.69. The summed E-state index contributed by atoms with van der Waals surface area (Å²) < 4.78 is 2.35. The fourth-order valence-corrected chi connectivity index (χ4v) is 6.50. The van der Waals surface area contributed by atoms with E-state index in [2.05, 4.69) is 72.9 Å². The Balaban J connectivity index is 2.31. The monoisotopic (exact) mass is 442 g/mol. The maximum Gasteiger partial charge on any atom is 0.0757 e. The summed E-state index contributed by atoms with van der Waals surface area (Å²) in [5.41, 5.74) is 1.29. The third kappa shape index (κ3) is 2.80. The van der Waals surface area contributed by atoms with E-state index < -0.39 is 0 Å². The molecule has 2 rings (SSSR count). The molecule has 16 heavy (non-hydrogen) atoms. The average Bonchev–Trinajstić information content (AvgIpc) is 2.84. The highest BCUT2D eigenvalue weighted by molar-refractivity contribution is 9.12. The summed E-state index contributed by atoms with van der Waals surface area (Å²) in [6.07, 6.45) is 1.11. The van der Waals surface area contributed by atoms with E-state index in [1.54, 1.807) is 11.3 Å². The van der Waals surface area contributed by atoms with Crippen LogP contribution in [-0.2, 0) is 6.42 Å². The maximum atomic E-state index is 3.77. The van der Waals surface area contributed by atoms with E-state index >= 15 is 0 Å². The quantitative estimate of drug-likeness (QED) is 0.482. The Morgan fingerprint density at radius 1 is 1.25 bits per heavy atom. The first-order valence-corrected chi connectivity index (χ1v) is 8.92. The molecule has 2 aromatic heterocycles. The smallest absolute Gasteiger partial charge is 0.0757 e. The van der Waals surface area contributed by atoms with Gasteiger partial charge < -0.3 is 0 Å². The van der Waals surface area contributed by atoms with Crippen molar-refractivity contribution in [2.75, 3.05) is 0 Å². The van der Waals surface area contributed by atoms with Crippen LogP contribution in [0.2, 0.25) is 0 Å². The molecular formula is C11H9Br3S2. The Bertz CT molecular complexity index is 487. The highest BCUT2D eigenvalue weighted by Crippen LogP contribution is 2.43. The van der Waals surface area contributed by atoms with Crippen molar-refractivity contribution in [3.63, 3.8) is 0 Å². The number of aryl methyl sites for hydroxylation is 1. The van der Waals surface area contributed by atoms with Gasteiger partial charge >= 0.3 is 0 Å². The van der Waals surface area contributed by atoms with Crippen LogP contribution in [0.5, 0.6) is 0 Å². The van der Waals surface area contributed by atoms with Crippen LogP contribution in [0.3, 0.4) is 0 Å². The average molecular weight is 445 g/mol. The molecule has 0 N–H and O–H groups in total. The van der Waals surface area contributed by atoms with E-state index in [0.717, 1.165) is 10.2 Å². The maximum absolute atomic E-state index is 3.77. The molecule has 2 heterocycles. The van der Waals surface area contributed by atoms with Crippen LogP contribution < -0.4 is 0 Å². The Morgan fingerprint density at radius 3 is 2.50 bits per heavy atom. The van der Waals surface area contributed by atoms with Gasteiger partial charge in [-0.15, -0.1) is 22.7 Å². The summed E-state index contributed by atoms with van der Waals surface area (Å²) in [5, 5.41) is 0. The summed E-state index contributed by atoms with van der Waals surface area (Å²) in [5.74, 6) is 0. The molecule has 0 aromatic carbocycles. The van der Waals surface area contributed by atoms with Gasteiger partial charge in [-0.3, -0.25) is 0 Å². The van der Waals surface area contributed by atoms with Crippen molar-refractivity contribution in [1.29, 1.82) is 0 Å². The highest BCUT2D eigenvalue weighted by Gasteiger charge is 2.17. The van der Waals surface area contributed by atoms with Crippen LogP contribution >= 0.6 is 70.5 Å². The fourth-order valence-electron chi connectivity index (χ4n) is 1.40. The summed E-state index contributed by atoms with van der Waals surface area (Å²) >= 11 is 14.5. The van der Waals surface area contributed by atoms with Gasteiger partial charge in [0.15, 0.2) is 0 Å². The summed E-state index contributed by atoms with van der Waals surface area (Å²) in [7, 11) is 0. The van der Waals surface area contributed by atoms with Crippen LogP contribution in [0, 0.1) is 0 Å². The van der Waals surface area contributed by atoms with E-state index in [9.17, 15) is 0 Å². The van der Waals surface area contributed by atoms with E-state index in [-0.39, 0.29) is 4.83 Å². The molecular weight excluding hydrogens is 436 g/mol. The summed E-state index contributed by atoms with van der Waals surface area (Å²) in [6.45, 7) is 2.19. The third-order valence-corrected chi connectivity index (χ3v) is 7.21. The molecule has 0 aliphatic carbocycles. The van der Waals surface area contributed by atoms with Gasteiger partial charge in [-0.1, -0.05) is 22.9 Å². The third-order valence-electron chi connectivity index (χ3n) is 2.24. The van der Waals surface area contributed by atoms with Crippen LogP contribution in [0.15, 0.2) is 25.8 Å². The number of thiophene rings is 2. The number of hydrogen-bond acceptors (Lipinski definition) is 2. The lowest BCUT2D eigenvalue weighted by Crippen LogP contribution is -1.86. The van der Waals surface area contributed by atoms with Crippen LogP contribution in [0.1, 0.15) is 27.1 Å². The fraction of sp³-hybridized carbons (Fsp3) is 0.273. The summed E-state index contributed by atoms with van der Waals surface area (Å²) in [4.78, 5) is 3.09. The SMILES string of the molecule is CCc1ccc(C(Br)c2cc(Br)sc2Br)s1. The molecule has 0 nitrogen and oxygen atoms in total.